The van der Waals surface area contributed by atoms with Gasteiger partial charge in [0.05, 0.1) is 29.2 Å². The fraction of sp³-hybridized carbons (Fsp3) is 0.238. The van der Waals surface area contributed by atoms with Crippen LogP contribution in [0.2, 0.25) is 0 Å². The number of hydrogen-bond acceptors (Lipinski definition) is 5. The minimum atomic E-state index is -1.18. The molecule has 0 fully saturated rings. The summed E-state index contributed by atoms with van der Waals surface area (Å²) in [6.45, 7) is 5.67. The number of carbonyl (C=O) groups excluding carboxylic acids is 1. The molecular formula is C21H20N4O2S. The Morgan fingerprint density at radius 3 is 2.43 bits per heavy atom. The van der Waals surface area contributed by atoms with E-state index in [4.69, 9.17) is 0 Å². The van der Waals surface area contributed by atoms with Crippen LogP contribution in [0.15, 0.2) is 53.9 Å². The average Bonchev–Trinajstić information content (AvgIpc) is 2.88. The van der Waals surface area contributed by atoms with Crippen molar-refractivity contribution in [3.63, 3.8) is 0 Å². The van der Waals surface area contributed by atoms with Crippen LogP contribution in [0.5, 0.6) is 0 Å². The summed E-state index contributed by atoms with van der Waals surface area (Å²) in [7, 11) is 0. The summed E-state index contributed by atoms with van der Waals surface area (Å²) < 4.78 is 11.9. The number of fused-ring (bicyclic) bond motifs is 1. The number of aryl methyl sites for hydroxylation is 1. The van der Waals surface area contributed by atoms with Gasteiger partial charge in [-0.15, -0.1) is 0 Å². The van der Waals surface area contributed by atoms with E-state index < -0.39 is 16.6 Å². The molecule has 0 N–H and O–H groups in total. The van der Waals surface area contributed by atoms with Crippen molar-refractivity contribution in [3.05, 3.63) is 60.4 Å². The molecule has 142 valence electrons. The molecule has 1 unspecified atom stereocenters. The highest BCUT2D eigenvalue weighted by molar-refractivity contribution is 7.90. The maximum Gasteiger partial charge on any atom is 0.241 e. The number of pyridine rings is 1. The van der Waals surface area contributed by atoms with Crippen molar-refractivity contribution in [2.24, 2.45) is 0 Å². The number of nitrogens with zero attached hydrogens (tertiary/aromatic N) is 4. The lowest BCUT2D eigenvalue weighted by atomic mass is 9.85. The minimum absolute atomic E-state index is 0.0411. The van der Waals surface area contributed by atoms with E-state index >= 15 is 0 Å². The zero-order valence-electron chi connectivity index (χ0n) is 16.1. The predicted molar refractivity (Wildman–Crippen MR) is 109 cm³/mol. The Hall–Kier alpha value is -2.77. The standard InChI is InChI=1S/C21H20N4O2S/c1-13-23-9-15(10-24-13)14-5-6-18-19(7-14)25(20(26)21(18,2)3)16-8-17(28(4)27)12-22-11-16/h5-12H,1-4H3. The molecule has 0 bridgehead atoms. The van der Waals surface area contributed by atoms with Crippen LogP contribution in [0.25, 0.3) is 11.1 Å². The molecule has 0 radical (unpaired) electrons. The SMILES string of the molecule is Cc1ncc(-c2ccc3c(c2)N(c2cncc([S+](C)[O-])c2)C(=O)C3(C)C)cn1. The van der Waals surface area contributed by atoms with E-state index in [1.165, 1.54) is 0 Å². The smallest absolute Gasteiger partial charge is 0.241 e. The van der Waals surface area contributed by atoms with Gasteiger partial charge in [-0.25, -0.2) is 9.97 Å². The maximum atomic E-state index is 13.3. The van der Waals surface area contributed by atoms with Gasteiger partial charge in [-0.2, -0.15) is 0 Å². The number of rotatable bonds is 3. The zero-order chi connectivity index (χ0) is 20.1. The molecule has 0 spiro atoms. The fourth-order valence-electron chi connectivity index (χ4n) is 3.41. The lowest BCUT2D eigenvalue weighted by Gasteiger charge is -2.20. The minimum Gasteiger partial charge on any atom is -0.612 e. The second kappa shape index (κ2) is 6.68. The third-order valence-corrected chi connectivity index (χ3v) is 5.94. The van der Waals surface area contributed by atoms with Crippen molar-refractivity contribution in [3.8, 4) is 11.1 Å². The highest BCUT2D eigenvalue weighted by Gasteiger charge is 2.45. The first kappa shape index (κ1) is 18.6. The van der Waals surface area contributed by atoms with Gasteiger partial charge in [0.25, 0.3) is 0 Å². The number of carbonyl (C=O) groups is 1. The second-order valence-corrected chi connectivity index (χ2v) is 8.73. The van der Waals surface area contributed by atoms with Crippen molar-refractivity contribution in [2.75, 3.05) is 11.2 Å². The number of aromatic nitrogens is 3. The Morgan fingerprint density at radius 1 is 1.04 bits per heavy atom. The van der Waals surface area contributed by atoms with Crippen LogP contribution in [-0.4, -0.2) is 31.7 Å². The topological polar surface area (TPSA) is 82.0 Å². The van der Waals surface area contributed by atoms with Crippen molar-refractivity contribution in [2.45, 2.75) is 31.1 Å². The Kier molecular flexibility index (Phi) is 4.44. The predicted octanol–water partition coefficient (Wildman–Crippen LogP) is 3.54. The largest absolute Gasteiger partial charge is 0.612 e. The average molecular weight is 392 g/mol. The first-order chi connectivity index (χ1) is 13.3. The van der Waals surface area contributed by atoms with E-state index in [0.29, 0.717) is 16.4 Å². The monoisotopic (exact) mass is 392 g/mol. The van der Waals surface area contributed by atoms with E-state index in [1.807, 2.05) is 39.0 Å². The zero-order valence-corrected chi connectivity index (χ0v) is 16.9. The van der Waals surface area contributed by atoms with Gasteiger partial charge in [-0.3, -0.25) is 14.7 Å². The fourth-order valence-corrected chi connectivity index (χ4v) is 3.91. The third kappa shape index (κ3) is 2.96. The highest BCUT2D eigenvalue weighted by atomic mass is 32.2. The first-order valence-corrected chi connectivity index (χ1v) is 10.4. The number of hydrogen-bond donors (Lipinski definition) is 0. The summed E-state index contributed by atoms with van der Waals surface area (Å²) in [5.74, 6) is 0.666. The van der Waals surface area contributed by atoms with Gasteiger partial charge < -0.3 is 4.55 Å². The van der Waals surface area contributed by atoms with Gasteiger partial charge in [0, 0.05) is 24.0 Å². The molecule has 0 aliphatic carbocycles. The van der Waals surface area contributed by atoms with Gasteiger partial charge in [0.15, 0.2) is 4.90 Å². The van der Waals surface area contributed by atoms with Crippen LogP contribution in [0.4, 0.5) is 11.4 Å². The molecule has 1 amide bonds. The van der Waals surface area contributed by atoms with Crippen molar-refractivity contribution in [1.29, 1.82) is 0 Å². The Balaban J connectivity index is 1.87. The molecule has 3 aromatic rings. The van der Waals surface area contributed by atoms with Gasteiger partial charge in [0.2, 0.25) is 5.91 Å². The molecule has 7 heteroatoms. The molecule has 1 aliphatic rings. The van der Waals surface area contributed by atoms with E-state index in [-0.39, 0.29) is 5.91 Å². The Labute approximate surface area is 166 Å². The van der Waals surface area contributed by atoms with E-state index in [2.05, 4.69) is 15.0 Å². The molecule has 0 saturated carbocycles. The van der Waals surface area contributed by atoms with Gasteiger partial charge in [-0.1, -0.05) is 12.1 Å². The molecular weight excluding hydrogens is 372 g/mol. The summed E-state index contributed by atoms with van der Waals surface area (Å²) in [6.07, 6.45) is 8.34. The van der Waals surface area contributed by atoms with Crippen molar-refractivity contribution >= 4 is 28.5 Å². The molecule has 4 rings (SSSR count). The van der Waals surface area contributed by atoms with E-state index in [1.54, 1.807) is 42.0 Å². The van der Waals surface area contributed by atoms with Gasteiger partial charge in [0.1, 0.15) is 12.1 Å². The third-order valence-electron chi connectivity index (χ3n) is 5.05. The summed E-state index contributed by atoms with van der Waals surface area (Å²) in [5, 5.41) is 0. The highest BCUT2D eigenvalue weighted by Crippen LogP contribution is 2.46. The van der Waals surface area contributed by atoms with Crippen LogP contribution >= 0.6 is 0 Å². The molecule has 6 nitrogen and oxygen atoms in total. The molecule has 2 aromatic heterocycles. The Bertz CT molecular complexity index is 1060. The van der Waals surface area contributed by atoms with Crippen LogP contribution in [-0.2, 0) is 21.4 Å². The molecule has 1 aromatic carbocycles. The van der Waals surface area contributed by atoms with Crippen LogP contribution < -0.4 is 4.90 Å². The molecule has 28 heavy (non-hydrogen) atoms. The van der Waals surface area contributed by atoms with Crippen molar-refractivity contribution < 1.29 is 9.35 Å². The van der Waals surface area contributed by atoms with Gasteiger partial charge in [-0.05, 0) is 49.1 Å². The van der Waals surface area contributed by atoms with E-state index in [9.17, 15) is 9.35 Å². The van der Waals surface area contributed by atoms with Crippen LogP contribution in [0.1, 0.15) is 25.2 Å². The number of benzene rings is 1. The number of anilines is 2. The summed E-state index contributed by atoms with van der Waals surface area (Å²) >= 11 is -1.18. The van der Waals surface area contributed by atoms with E-state index in [0.717, 1.165) is 22.4 Å². The van der Waals surface area contributed by atoms with Crippen molar-refractivity contribution in [1.82, 2.24) is 15.0 Å². The molecule has 3 heterocycles. The van der Waals surface area contributed by atoms with Gasteiger partial charge >= 0.3 is 0 Å². The molecule has 1 aliphatic heterocycles. The second-order valence-electron chi connectivity index (χ2n) is 7.35. The normalized spacial score (nSPS) is 16.2. The summed E-state index contributed by atoms with van der Waals surface area (Å²) in [5.41, 5.74) is 3.50. The quantitative estimate of drug-likeness (QED) is 0.637. The lowest BCUT2D eigenvalue weighted by molar-refractivity contribution is -0.121. The summed E-state index contributed by atoms with van der Waals surface area (Å²) in [4.78, 5) is 28.2. The summed E-state index contributed by atoms with van der Waals surface area (Å²) in [6, 6.07) is 7.71. The van der Waals surface area contributed by atoms with Crippen LogP contribution in [0.3, 0.4) is 0 Å². The Morgan fingerprint density at radius 2 is 1.75 bits per heavy atom. The molecule has 0 saturated heterocycles. The van der Waals surface area contributed by atoms with Crippen LogP contribution in [0, 0.1) is 6.92 Å². The lowest BCUT2D eigenvalue weighted by Crippen LogP contribution is -2.33. The number of amides is 1. The molecule has 1 atom stereocenters. The first-order valence-electron chi connectivity index (χ1n) is 8.85. The maximum absolute atomic E-state index is 13.3.